The first-order chi connectivity index (χ1) is 11.7. The van der Waals surface area contributed by atoms with Crippen molar-refractivity contribution in [1.29, 1.82) is 0 Å². The number of methoxy groups -OCH3 is 1. The van der Waals surface area contributed by atoms with Crippen LogP contribution in [0.4, 0.5) is 11.8 Å². The number of nitrogens with one attached hydrogen (secondary N) is 2. The number of hydrogen-bond donors (Lipinski definition) is 2. The number of morpholine rings is 1. The van der Waals surface area contributed by atoms with Gasteiger partial charge in [0.05, 0.1) is 33.1 Å². The molecule has 0 radical (unpaired) electrons. The van der Waals surface area contributed by atoms with Gasteiger partial charge < -0.3 is 29.4 Å². The fraction of sp³-hybridized carbons (Fsp3) is 0.400. The van der Waals surface area contributed by atoms with Crippen molar-refractivity contribution in [3.05, 3.63) is 30.2 Å². The Hall–Kier alpha value is -2.39. The standard InChI is InChI=1S/C15H19N5O3S/c1-21-13-9-12(20-4-7-22-8-5-20)17-14(18-13)19-15(24)16-10-11-3-2-6-23-11/h2-3,6,9H,4-5,7-8,10H2,1H3,(H2,16,17,18,19,24). The Bertz CT molecular complexity index is 674. The second-order valence-corrected chi connectivity index (χ2v) is 5.49. The molecule has 9 heteroatoms. The monoisotopic (exact) mass is 349 g/mol. The molecule has 24 heavy (non-hydrogen) atoms. The van der Waals surface area contributed by atoms with E-state index in [2.05, 4.69) is 25.5 Å². The van der Waals surface area contributed by atoms with Gasteiger partial charge in [0.2, 0.25) is 11.8 Å². The Balaban J connectivity index is 1.66. The zero-order valence-electron chi connectivity index (χ0n) is 13.3. The summed E-state index contributed by atoms with van der Waals surface area (Å²) in [5.74, 6) is 2.43. The second kappa shape index (κ2) is 7.93. The zero-order valence-corrected chi connectivity index (χ0v) is 14.1. The summed E-state index contributed by atoms with van der Waals surface area (Å²) < 4.78 is 15.9. The summed E-state index contributed by atoms with van der Waals surface area (Å²) in [6.45, 7) is 3.40. The molecule has 2 N–H and O–H groups in total. The average Bonchev–Trinajstić information content (AvgIpc) is 3.14. The Morgan fingerprint density at radius 3 is 2.92 bits per heavy atom. The SMILES string of the molecule is COc1cc(N2CCOCC2)nc(NC(=S)NCc2ccco2)n1. The molecule has 8 nitrogen and oxygen atoms in total. The molecule has 1 saturated heterocycles. The lowest BCUT2D eigenvalue weighted by atomic mass is 10.4. The van der Waals surface area contributed by atoms with Crippen molar-refractivity contribution < 1.29 is 13.9 Å². The highest BCUT2D eigenvalue weighted by Crippen LogP contribution is 2.20. The molecule has 0 saturated carbocycles. The predicted octanol–water partition coefficient (Wildman–Crippen LogP) is 1.40. The third kappa shape index (κ3) is 4.33. The van der Waals surface area contributed by atoms with Gasteiger partial charge in [-0.15, -0.1) is 0 Å². The van der Waals surface area contributed by atoms with Crippen LogP contribution in [0.5, 0.6) is 5.88 Å². The molecule has 2 aromatic rings. The molecule has 1 aliphatic rings. The van der Waals surface area contributed by atoms with Gasteiger partial charge >= 0.3 is 0 Å². The fourth-order valence-corrected chi connectivity index (χ4v) is 2.42. The summed E-state index contributed by atoms with van der Waals surface area (Å²) in [5.41, 5.74) is 0. The van der Waals surface area contributed by atoms with E-state index >= 15 is 0 Å². The summed E-state index contributed by atoms with van der Waals surface area (Å²) >= 11 is 5.27. The lowest BCUT2D eigenvalue weighted by molar-refractivity contribution is 0.122. The molecule has 2 aromatic heterocycles. The summed E-state index contributed by atoms with van der Waals surface area (Å²) in [6, 6.07) is 5.50. The molecule has 0 unspecified atom stereocenters. The van der Waals surface area contributed by atoms with E-state index in [1.807, 2.05) is 12.1 Å². The fourth-order valence-electron chi connectivity index (χ4n) is 2.25. The van der Waals surface area contributed by atoms with E-state index in [0.717, 1.165) is 24.7 Å². The van der Waals surface area contributed by atoms with Crippen molar-refractivity contribution in [2.75, 3.05) is 43.6 Å². The van der Waals surface area contributed by atoms with E-state index in [4.69, 9.17) is 26.1 Å². The molecule has 0 amide bonds. The van der Waals surface area contributed by atoms with E-state index in [-0.39, 0.29) is 0 Å². The summed E-state index contributed by atoms with van der Waals surface area (Å²) in [6.07, 6.45) is 1.62. The van der Waals surface area contributed by atoms with Crippen LogP contribution in [0.1, 0.15) is 5.76 Å². The van der Waals surface area contributed by atoms with Crippen molar-refractivity contribution in [3.8, 4) is 5.88 Å². The number of ether oxygens (including phenoxy) is 2. The molecule has 1 fully saturated rings. The number of thiocarbonyl (C=S) groups is 1. The largest absolute Gasteiger partial charge is 0.481 e. The summed E-state index contributed by atoms with van der Waals surface area (Å²) in [4.78, 5) is 10.9. The molecule has 3 rings (SSSR count). The third-order valence-corrected chi connectivity index (χ3v) is 3.71. The van der Waals surface area contributed by atoms with Crippen LogP contribution in [-0.2, 0) is 11.3 Å². The first kappa shape index (κ1) is 16.5. The maximum atomic E-state index is 5.37. The van der Waals surface area contributed by atoms with Gasteiger partial charge in [0, 0.05) is 19.2 Å². The van der Waals surface area contributed by atoms with Gasteiger partial charge in [0.25, 0.3) is 0 Å². The van der Waals surface area contributed by atoms with E-state index in [1.54, 1.807) is 19.4 Å². The van der Waals surface area contributed by atoms with Crippen molar-refractivity contribution in [1.82, 2.24) is 15.3 Å². The smallest absolute Gasteiger partial charge is 0.234 e. The van der Waals surface area contributed by atoms with Gasteiger partial charge in [-0.1, -0.05) is 0 Å². The van der Waals surface area contributed by atoms with Gasteiger partial charge in [-0.05, 0) is 24.4 Å². The van der Waals surface area contributed by atoms with Crippen LogP contribution in [0.25, 0.3) is 0 Å². The van der Waals surface area contributed by atoms with Crippen LogP contribution in [0, 0.1) is 0 Å². The molecule has 128 valence electrons. The molecule has 0 aromatic carbocycles. The maximum absolute atomic E-state index is 5.37. The van der Waals surface area contributed by atoms with Gasteiger partial charge in [-0.2, -0.15) is 9.97 Å². The zero-order chi connectivity index (χ0) is 16.8. The quantitative estimate of drug-likeness (QED) is 0.778. The van der Waals surface area contributed by atoms with E-state index in [9.17, 15) is 0 Å². The van der Waals surface area contributed by atoms with E-state index < -0.39 is 0 Å². The number of furan rings is 1. The first-order valence-corrected chi connectivity index (χ1v) is 7.98. The lowest BCUT2D eigenvalue weighted by Crippen LogP contribution is -2.37. The van der Waals surface area contributed by atoms with Gasteiger partial charge in [0.1, 0.15) is 11.6 Å². The van der Waals surface area contributed by atoms with E-state index in [1.165, 1.54) is 0 Å². The first-order valence-electron chi connectivity index (χ1n) is 7.57. The van der Waals surface area contributed by atoms with E-state index in [0.29, 0.717) is 36.7 Å². The van der Waals surface area contributed by atoms with Gasteiger partial charge in [-0.3, -0.25) is 0 Å². The molecule has 0 spiro atoms. The van der Waals surface area contributed by atoms with Crippen molar-refractivity contribution in [2.24, 2.45) is 0 Å². The van der Waals surface area contributed by atoms with Crippen LogP contribution in [-0.4, -0.2) is 48.5 Å². The Morgan fingerprint density at radius 2 is 2.21 bits per heavy atom. The summed E-state index contributed by atoms with van der Waals surface area (Å²) in [7, 11) is 1.57. The Labute approximate surface area is 145 Å². The number of anilines is 2. The highest BCUT2D eigenvalue weighted by Gasteiger charge is 2.15. The van der Waals surface area contributed by atoms with Crippen LogP contribution in [0.15, 0.2) is 28.9 Å². The van der Waals surface area contributed by atoms with Crippen LogP contribution in [0.3, 0.4) is 0 Å². The topological polar surface area (TPSA) is 84.7 Å². The highest BCUT2D eigenvalue weighted by molar-refractivity contribution is 7.80. The number of nitrogens with zero attached hydrogens (tertiary/aromatic N) is 3. The van der Waals surface area contributed by atoms with Crippen molar-refractivity contribution in [2.45, 2.75) is 6.54 Å². The van der Waals surface area contributed by atoms with Gasteiger partial charge in [-0.25, -0.2) is 0 Å². The number of hydrogen-bond acceptors (Lipinski definition) is 7. The highest BCUT2D eigenvalue weighted by atomic mass is 32.1. The van der Waals surface area contributed by atoms with Crippen molar-refractivity contribution >= 4 is 29.1 Å². The van der Waals surface area contributed by atoms with Gasteiger partial charge in [0.15, 0.2) is 5.11 Å². The minimum Gasteiger partial charge on any atom is -0.481 e. The maximum Gasteiger partial charge on any atom is 0.234 e. The minimum absolute atomic E-state index is 0.382. The minimum atomic E-state index is 0.382. The Morgan fingerprint density at radius 1 is 1.38 bits per heavy atom. The molecule has 0 atom stereocenters. The number of aromatic nitrogens is 2. The molecule has 3 heterocycles. The molecule has 0 aliphatic carbocycles. The molecule has 1 aliphatic heterocycles. The molecular weight excluding hydrogens is 330 g/mol. The van der Waals surface area contributed by atoms with Crippen LogP contribution >= 0.6 is 12.2 Å². The summed E-state index contributed by atoms with van der Waals surface area (Å²) in [5, 5.41) is 6.43. The number of rotatable bonds is 5. The average molecular weight is 349 g/mol. The van der Waals surface area contributed by atoms with Crippen molar-refractivity contribution in [3.63, 3.8) is 0 Å². The Kier molecular flexibility index (Phi) is 5.44. The van der Waals surface area contributed by atoms with Crippen LogP contribution < -0.4 is 20.3 Å². The molecule has 0 bridgehead atoms. The lowest BCUT2D eigenvalue weighted by Gasteiger charge is -2.28. The molecular formula is C15H19N5O3S. The normalized spacial score (nSPS) is 14.3. The van der Waals surface area contributed by atoms with Crippen LogP contribution in [0.2, 0.25) is 0 Å². The predicted molar refractivity (Wildman–Crippen MR) is 93.4 cm³/mol. The second-order valence-electron chi connectivity index (χ2n) is 5.08. The third-order valence-electron chi connectivity index (χ3n) is 3.46.